The third-order valence-electron chi connectivity index (χ3n) is 3.44. The Morgan fingerprint density at radius 1 is 1.41 bits per heavy atom. The van der Waals surface area contributed by atoms with Crippen LogP contribution in [0.3, 0.4) is 0 Å². The first-order chi connectivity index (χ1) is 10.6. The zero-order valence-corrected chi connectivity index (χ0v) is 13.0. The Hall–Kier alpha value is -2.24. The first kappa shape index (κ1) is 16.1. The highest BCUT2D eigenvalue weighted by Gasteiger charge is 2.27. The molecule has 1 aliphatic rings. The number of amides is 2. The Balaban J connectivity index is 1.68. The Labute approximate surface area is 130 Å². The van der Waals surface area contributed by atoms with Crippen LogP contribution in [0.15, 0.2) is 24.3 Å². The summed E-state index contributed by atoms with van der Waals surface area (Å²) in [7, 11) is 1.70. The van der Waals surface area contributed by atoms with Gasteiger partial charge in [0.25, 0.3) is 0 Å². The first-order valence-electron chi connectivity index (χ1n) is 7.48. The van der Waals surface area contributed by atoms with Crippen molar-refractivity contribution in [2.45, 2.75) is 25.9 Å². The lowest BCUT2D eigenvalue weighted by atomic mass is 10.1. The van der Waals surface area contributed by atoms with E-state index >= 15 is 0 Å². The van der Waals surface area contributed by atoms with Crippen LogP contribution >= 0.6 is 0 Å². The molecule has 0 bridgehead atoms. The first-order valence-corrected chi connectivity index (χ1v) is 7.48. The van der Waals surface area contributed by atoms with Gasteiger partial charge in [0.1, 0.15) is 11.9 Å². The van der Waals surface area contributed by atoms with E-state index < -0.39 is 0 Å². The second-order valence-electron chi connectivity index (χ2n) is 5.28. The third kappa shape index (κ3) is 4.65. The minimum Gasteiger partial charge on any atom is -0.494 e. The van der Waals surface area contributed by atoms with Crippen LogP contribution in [0.5, 0.6) is 5.75 Å². The number of nitrogens with one attached hydrogen (secondary N) is 1. The molecule has 1 aliphatic heterocycles. The smallest absolute Gasteiger partial charge is 0.409 e. The van der Waals surface area contributed by atoms with E-state index in [9.17, 15) is 9.59 Å². The van der Waals surface area contributed by atoms with E-state index in [4.69, 9.17) is 9.47 Å². The number of rotatable bonds is 7. The van der Waals surface area contributed by atoms with E-state index in [0.717, 1.165) is 11.3 Å². The quantitative estimate of drug-likeness (QED) is 0.830. The maximum Gasteiger partial charge on any atom is 0.409 e. The van der Waals surface area contributed by atoms with Gasteiger partial charge in [-0.3, -0.25) is 4.79 Å². The average molecular weight is 306 g/mol. The molecular formula is C16H22N2O4. The van der Waals surface area contributed by atoms with Gasteiger partial charge in [-0.1, -0.05) is 12.1 Å². The monoisotopic (exact) mass is 306 g/mol. The molecule has 0 radical (unpaired) electrons. The van der Waals surface area contributed by atoms with Crippen LogP contribution < -0.4 is 10.1 Å². The molecule has 1 aromatic carbocycles. The maximum atomic E-state index is 11.9. The predicted molar refractivity (Wildman–Crippen MR) is 81.8 cm³/mol. The fourth-order valence-electron chi connectivity index (χ4n) is 2.29. The normalized spacial score (nSPS) is 17.3. The number of carbonyl (C=O) groups excluding carboxylic acids is 2. The van der Waals surface area contributed by atoms with Gasteiger partial charge >= 0.3 is 6.09 Å². The van der Waals surface area contributed by atoms with Crippen LogP contribution in [0, 0.1) is 0 Å². The summed E-state index contributed by atoms with van der Waals surface area (Å²) in [6.45, 7) is 3.64. The van der Waals surface area contributed by atoms with Gasteiger partial charge in [-0.25, -0.2) is 4.79 Å². The zero-order chi connectivity index (χ0) is 15.9. The topological polar surface area (TPSA) is 67.9 Å². The van der Waals surface area contributed by atoms with E-state index in [1.807, 2.05) is 31.2 Å². The van der Waals surface area contributed by atoms with Gasteiger partial charge in [0.05, 0.1) is 19.6 Å². The number of carbonyl (C=O) groups is 2. The lowest BCUT2D eigenvalue weighted by Gasteiger charge is -2.09. The summed E-state index contributed by atoms with van der Waals surface area (Å²) in [6, 6.07) is 7.50. The van der Waals surface area contributed by atoms with Crippen molar-refractivity contribution in [2.75, 3.05) is 26.7 Å². The van der Waals surface area contributed by atoms with Crippen LogP contribution in [0.25, 0.3) is 0 Å². The van der Waals surface area contributed by atoms with Crippen LogP contribution in [0.1, 0.15) is 18.9 Å². The summed E-state index contributed by atoms with van der Waals surface area (Å²) in [5, 5.41) is 2.85. The van der Waals surface area contributed by atoms with Gasteiger partial charge in [0.2, 0.25) is 5.91 Å². The molecule has 2 amide bonds. The molecule has 0 saturated carbocycles. The standard InChI is InChI=1S/C16H22N2O4/c1-3-21-13-6-4-12(5-7-13)10-15(19)17-9-8-14-11-18(2)16(20)22-14/h4-7,14H,3,8-11H2,1-2H3,(H,17,19). The van der Waals surface area contributed by atoms with Crippen molar-refractivity contribution in [2.24, 2.45) is 0 Å². The van der Waals surface area contributed by atoms with E-state index in [-0.39, 0.29) is 18.1 Å². The van der Waals surface area contributed by atoms with Crippen molar-refractivity contribution in [3.05, 3.63) is 29.8 Å². The fraction of sp³-hybridized carbons (Fsp3) is 0.500. The molecule has 1 saturated heterocycles. The molecule has 2 rings (SSSR count). The average Bonchev–Trinajstić information content (AvgIpc) is 2.80. The highest BCUT2D eigenvalue weighted by Crippen LogP contribution is 2.13. The number of likely N-dealkylation sites (N-methyl/N-ethyl adjacent to an activating group) is 1. The lowest BCUT2D eigenvalue weighted by molar-refractivity contribution is -0.120. The molecule has 0 aromatic heterocycles. The second-order valence-corrected chi connectivity index (χ2v) is 5.28. The Kier molecular flexibility index (Phi) is 5.63. The number of hydrogen-bond acceptors (Lipinski definition) is 4. The van der Waals surface area contributed by atoms with Gasteiger partial charge in [0, 0.05) is 20.0 Å². The molecule has 6 heteroatoms. The summed E-state index contributed by atoms with van der Waals surface area (Å²) in [6.07, 6.45) is 0.524. The minimum atomic E-state index is -0.300. The van der Waals surface area contributed by atoms with Crippen molar-refractivity contribution >= 4 is 12.0 Å². The summed E-state index contributed by atoms with van der Waals surface area (Å²) < 4.78 is 10.5. The Morgan fingerprint density at radius 2 is 2.14 bits per heavy atom. The fourth-order valence-corrected chi connectivity index (χ4v) is 2.29. The summed E-state index contributed by atoms with van der Waals surface area (Å²) in [5.41, 5.74) is 0.938. The van der Waals surface area contributed by atoms with E-state index in [1.54, 1.807) is 7.05 Å². The molecule has 1 atom stereocenters. The molecule has 1 aromatic rings. The summed E-state index contributed by atoms with van der Waals surface area (Å²) in [5.74, 6) is 0.765. The van der Waals surface area contributed by atoms with Crippen molar-refractivity contribution in [1.29, 1.82) is 0 Å². The SMILES string of the molecule is CCOc1ccc(CC(=O)NCCC2CN(C)C(=O)O2)cc1. The minimum absolute atomic E-state index is 0.0400. The largest absolute Gasteiger partial charge is 0.494 e. The van der Waals surface area contributed by atoms with Gasteiger partial charge in [-0.2, -0.15) is 0 Å². The molecule has 6 nitrogen and oxygen atoms in total. The van der Waals surface area contributed by atoms with Gasteiger partial charge < -0.3 is 19.7 Å². The van der Waals surface area contributed by atoms with Crippen LogP contribution in [0.2, 0.25) is 0 Å². The van der Waals surface area contributed by atoms with E-state index in [2.05, 4.69) is 5.32 Å². The molecular weight excluding hydrogens is 284 g/mol. The molecule has 1 fully saturated rings. The van der Waals surface area contributed by atoms with Crippen molar-refractivity contribution < 1.29 is 19.1 Å². The van der Waals surface area contributed by atoms with Crippen molar-refractivity contribution in [1.82, 2.24) is 10.2 Å². The molecule has 22 heavy (non-hydrogen) atoms. The highest BCUT2D eigenvalue weighted by molar-refractivity contribution is 5.78. The van der Waals surface area contributed by atoms with Crippen LogP contribution in [0.4, 0.5) is 4.79 Å². The number of ether oxygens (including phenoxy) is 2. The van der Waals surface area contributed by atoms with Crippen LogP contribution in [-0.2, 0) is 16.0 Å². The molecule has 120 valence electrons. The lowest BCUT2D eigenvalue weighted by Crippen LogP contribution is -2.29. The number of nitrogens with zero attached hydrogens (tertiary/aromatic N) is 1. The molecule has 0 spiro atoms. The van der Waals surface area contributed by atoms with E-state index in [0.29, 0.717) is 32.5 Å². The van der Waals surface area contributed by atoms with Gasteiger partial charge in [-0.15, -0.1) is 0 Å². The highest BCUT2D eigenvalue weighted by atomic mass is 16.6. The van der Waals surface area contributed by atoms with Gasteiger partial charge in [0.15, 0.2) is 0 Å². The summed E-state index contributed by atoms with van der Waals surface area (Å²) in [4.78, 5) is 24.6. The number of hydrogen-bond donors (Lipinski definition) is 1. The Morgan fingerprint density at radius 3 is 2.73 bits per heavy atom. The molecule has 1 unspecified atom stereocenters. The summed E-state index contributed by atoms with van der Waals surface area (Å²) >= 11 is 0. The van der Waals surface area contributed by atoms with Gasteiger partial charge in [-0.05, 0) is 24.6 Å². The second kappa shape index (κ2) is 7.68. The molecule has 0 aliphatic carbocycles. The maximum absolute atomic E-state index is 11.9. The van der Waals surface area contributed by atoms with Crippen LogP contribution in [-0.4, -0.2) is 49.7 Å². The van der Waals surface area contributed by atoms with E-state index in [1.165, 1.54) is 4.90 Å². The third-order valence-corrected chi connectivity index (χ3v) is 3.44. The molecule has 1 N–H and O–H groups in total. The van der Waals surface area contributed by atoms with Crippen molar-refractivity contribution in [3.8, 4) is 5.75 Å². The zero-order valence-electron chi connectivity index (χ0n) is 13.0. The predicted octanol–water partition coefficient (Wildman–Crippen LogP) is 1.58. The Bertz CT molecular complexity index is 515. The number of benzene rings is 1. The molecule has 1 heterocycles. The van der Waals surface area contributed by atoms with Crippen molar-refractivity contribution in [3.63, 3.8) is 0 Å². The number of cyclic esters (lactones) is 1.